The van der Waals surface area contributed by atoms with Crippen LogP contribution in [0.1, 0.15) is 40.4 Å². The highest BCUT2D eigenvalue weighted by Gasteiger charge is 2.39. The molecule has 0 radical (unpaired) electrons. The zero-order chi connectivity index (χ0) is 26.3. The number of hydrogen-bond donors (Lipinski definition) is 1. The Bertz CT molecular complexity index is 1250. The third-order valence-corrected chi connectivity index (χ3v) is 6.36. The van der Waals surface area contributed by atoms with Crippen LogP contribution in [0.25, 0.3) is 10.9 Å². The Morgan fingerprint density at radius 1 is 0.972 bits per heavy atom. The molecular weight excluding hydrogens is 488 g/mol. The average molecular weight is 511 g/mol. The number of H-pyrrole nitrogens is 1. The molecule has 1 N–H and O–H groups in total. The predicted molar refractivity (Wildman–Crippen MR) is 120 cm³/mol. The Morgan fingerprint density at radius 3 is 2.22 bits per heavy atom. The lowest BCUT2D eigenvalue weighted by Crippen LogP contribution is -2.57. The number of carbonyl (C=O) groups is 2. The predicted octanol–water partition coefficient (Wildman–Crippen LogP) is 5.51. The summed E-state index contributed by atoms with van der Waals surface area (Å²) in [5.74, 6) is -1.09. The van der Waals surface area contributed by atoms with Crippen LogP contribution in [0.4, 0.5) is 26.3 Å². The number of nitrogens with zero attached hydrogens (tertiary/aromatic N) is 2. The smallest absolute Gasteiger partial charge is 0.361 e. The normalized spacial score (nSPS) is 17.0. The van der Waals surface area contributed by atoms with Crippen molar-refractivity contribution in [2.24, 2.45) is 0 Å². The number of amides is 2. The van der Waals surface area contributed by atoms with Crippen molar-refractivity contribution in [2.75, 3.05) is 19.6 Å². The molecule has 11 heteroatoms. The van der Waals surface area contributed by atoms with Crippen molar-refractivity contribution < 1.29 is 35.9 Å². The van der Waals surface area contributed by atoms with Crippen molar-refractivity contribution in [1.29, 1.82) is 0 Å². The van der Waals surface area contributed by atoms with Crippen LogP contribution in [0.5, 0.6) is 0 Å². The molecular formula is C25H23F6N3O2. The van der Waals surface area contributed by atoms with Crippen LogP contribution < -0.4 is 0 Å². The number of nitrogens with one attached hydrogen (secondary N) is 1. The Balaban J connectivity index is 1.72. The molecule has 2 amide bonds. The maximum absolute atomic E-state index is 13.4. The zero-order valence-corrected chi connectivity index (χ0v) is 19.2. The van der Waals surface area contributed by atoms with Crippen molar-refractivity contribution in [1.82, 2.24) is 14.8 Å². The minimum Gasteiger partial charge on any atom is -0.361 e. The van der Waals surface area contributed by atoms with Gasteiger partial charge < -0.3 is 14.8 Å². The molecule has 2 heterocycles. The molecule has 1 aliphatic heterocycles. The fourth-order valence-corrected chi connectivity index (χ4v) is 4.55. The number of para-hydroxylation sites is 1. The van der Waals surface area contributed by atoms with Crippen molar-refractivity contribution >= 4 is 22.7 Å². The van der Waals surface area contributed by atoms with Crippen LogP contribution in [0, 0.1) is 0 Å². The number of fused-ring (bicyclic) bond motifs is 1. The van der Waals surface area contributed by atoms with Crippen LogP contribution in [-0.2, 0) is 23.6 Å². The summed E-state index contributed by atoms with van der Waals surface area (Å²) in [4.78, 5) is 31.7. The van der Waals surface area contributed by atoms with Crippen molar-refractivity contribution in [3.63, 3.8) is 0 Å². The van der Waals surface area contributed by atoms with E-state index in [4.69, 9.17) is 0 Å². The molecule has 0 aliphatic carbocycles. The summed E-state index contributed by atoms with van der Waals surface area (Å²) in [5, 5.41) is 0.877. The highest BCUT2D eigenvalue weighted by Crippen LogP contribution is 2.37. The van der Waals surface area contributed by atoms with Gasteiger partial charge in [0.1, 0.15) is 0 Å². The van der Waals surface area contributed by atoms with Gasteiger partial charge in [0.05, 0.1) is 17.2 Å². The van der Waals surface area contributed by atoms with Gasteiger partial charge in [-0.25, -0.2) is 0 Å². The Morgan fingerprint density at radius 2 is 1.61 bits per heavy atom. The van der Waals surface area contributed by atoms with Gasteiger partial charge in [0.25, 0.3) is 5.91 Å². The molecule has 1 atom stereocenters. The van der Waals surface area contributed by atoms with Crippen molar-refractivity contribution in [3.05, 3.63) is 70.9 Å². The fourth-order valence-electron chi connectivity index (χ4n) is 4.55. The van der Waals surface area contributed by atoms with Gasteiger partial charge in [-0.05, 0) is 36.2 Å². The average Bonchev–Trinajstić information content (AvgIpc) is 3.24. The van der Waals surface area contributed by atoms with Crippen LogP contribution in [0.3, 0.4) is 0 Å². The van der Waals surface area contributed by atoms with Crippen LogP contribution in [0.2, 0.25) is 0 Å². The quantitative estimate of drug-likeness (QED) is 0.470. The number of alkyl halides is 6. The van der Waals surface area contributed by atoms with E-state index in [0.29, 0.717) is 12.1 Å². The minimum atomic E-state index is -5.06. The summed E-state index contributed by atoms with van der Waals surface area (Å²) in [6, 6.07) is 7.64. The van der Waals surface area contributed by atoms with E-state index >= 15 is 0 Å². The second-order valence-corrected chi connectivity index (χ2v) is 8.70. The van der Waals surface area contributed by atoms with Crippen LogP contribution in [-0.4, -0.2) is 52.3 Å². The van der Waals surface area contributed by atoms with E-state index < -0.39 is 41.0 Å². The van der Waals surface area contributed by atoms with Gasteiger partial charge in [-0.2, -0.15) is 26.3 Å². The molecule has 0 saturated carbocycles. The number of aromatic amines is 1. The first-order valence-electron chi connectivity index (χ1n) is 11.3. The summed E-state index contributed by atoms with van der Waals surface area (Å²) in [7, 11) is 0. The number of rotatable bonds is 4. The minimum absolute atomic E-state index is 0.00193. The van der Waals surface area contributed by atoms with Gasteiger partial charge in [-0.1, -0.05) is 25.1 Å². The van der Waals surface area contributed by atoms with E-state index in [-0.39, 0.29) is 44.4 Å². The summed E-state index contributed by atoms with van der Waals surface area (Å²) in [5.41, 5.74) is -2.13. The van der Waals surface area contributed by atoms with Gasteiger partial charge in [0, 0.05) is 48.7 Å². The lowest BCUT2D eigenvalue weighted by Gasteiger charge is -2.41. The Hall–Kier alpha value is -3.50. The SMILES string of the molecule is CCC(=O)N1CCN(C(=O)c2cc(C(F)(F)F)cc(C(F)(F)F)c2)[C@H](Cc2c[nH]c3ccccc23)C1. The number of aromatic nitrogens is 1. The van der Waals surface area contributed by atoms with E-state index in [1.807, 2.05) is 24.3 Å². The lowest BCUT2D eigenvalue weighted by molar-refractivity contribution is -0.143. The number of benzene rings is 2. The number of piperazine rings is 1. The molecule has 192 valence electrons. The molecule has 1 aliphatic rings. The highest BCUT2D eigenvalue weighted by molar-refractivity contribution is 5.95. The van der Waals surface area contributed by atoms with Crippen molar-refractivity contribution in [2.45, 2.75) is 38.2 Å². The van der Waals surface area contributed by atoms with Gasteiger partial charge in [-0.15, -0.1) is 0 Å². The van der Waals surface area contributed by atoms with E-state index in [9.17, 15) is 35.9 Å². The molecule has 5 nitrogen and oxygen atoms in total. The van der Waals surface area contributed by atoms with Gasteiger partial charge in [0.2, 0.25) is 5.91 Å². The summed E-state index contributed by atoms with van der Waals surface area (Å²) >= 11 is 0. The lowest BCUT2D eigenvalue weighted by atomic mass is 9.98. The molecule has 2 aromatic carbocycles. The summed E-state index contributed by atoms with van der Waals surface area (Å²) in [6.07, 6.45) is -7.89. The molecule has 0 bridgehead atoms. The molecule has 36 heavy (non-hydrogen) atoms. The van der Waals surface area contributed by atoms with E-state index in [1.165, 1.54) is 4.90 Å². The highest BCUT2D eigenvalue weighted by atomic mass is 19.4. The van der Waals surface area contributed by atoms with E-state index in [0.717, 1.165) is 16.5 Å². The second kappa shape index (κ2) is 9.51. The summed E-state index contributed by atoms with van der Waals surface area (Å²) in [6.45, 7) is 1.92. The van der Waals surface area contributed by atoms with Crippen LogP contribution >= 0.6 is 0 Å². The Kier molecular flexibility index (Phi) is 6.76. The third kappa shape index (κ3) is 5.19. The number of hydrogen-bond acceptors (Lipinski definition) is 2. The van der Waals surface area contributed by atoms with Gasteiger partial charge in [0.15, 0.2) is 0 Å². The number of halogens is 6. The number of carbonyl (C=O) groups excluding carboxylic acids is 2. The first-order chi connectivity index (χ1) is 16.9. The van der Waals surface area contributed by atoms with Crippen molar-refractivity contribution in [3.8, 4) is 0 Å². The third-order valence-electron chi connectivity index (χ3n) is 6.36. The monoisotopic (exact) mass is 511 g/mol. The topological polar surface area (TPSA) is 56.4 Å². The molecule has 0 unspecified atom stereocenters. The Labute approximate surface area is 202 Å². The van der Waals surface area contributed by atoms with Gasteiger partial charge >= 0.3 is 12.4 Å². The standard InChI is InChI=1S/C25H23F6N3O2/c1-2-22(35)33-7-8-34(19(14-33)11-16-13-32-21-6-4-3-5-20(16)21)23(36)15-9-17(24(26,27)28)12-18(10-15)25(29,30)31/h3-6,9-10,12-13,19,32H,2,7-8,11,14H2,1H3/t19-/m1/s1. The van der Waals surface area contributed by atoms with E-state index in [2.05, 4.69) is 4.98 Å². The molecule has 1 aromatic heterocycles. The maximum Gasteiger partial charge on any atom is 0.416 e. The molecule has 1 saturated heterocycles. The first kappa shape index (κ1) is 25.6. The van der Waals surface area contributed by atoms with E-state index in [1.54, 1.807) is 18.0 Å². The maximum atomic E-state index is 13.4. The molecule has 4 rings (SSSR count). The zero-order valence-electron chi connectivity index (χ0n) is 19.2. The first-order valence-corrected chi connectivity index (χ1v) is 11.3. The van der Waals surface area contributed by atoms with Crippen LogP contribution in [0.15, 0.2) is 48.7 Å². The molecule has 1 fully saturated rings. The largest absolute Gasteiger partial charge is 0.416 e. The van der Waals surface area contributed by atoms with Gasteiger partial charge in [-0.3, -0.25) is 9.59 Å². The molecule has 0 spiro atoms. The summed E-state index contributed by atoms with van der Waals surface area (Å²) < 4.78 is 80.1. The fraction of sp³-hybridized carbons (Fsp3) is 0.360. The second-order valence-electron chi connectivity index (χ2n) is 8.70. The molecule has 3 aromatic rings.